The van der Waals surface area contributed by atoms with Gasteiger partial charge in [0, 0.05) is 23.1 Å². The number of thiophene rings is 1. The quantitative estimate of drug-likeness (QED) is 0.398. The van der Waals surface area contributed by atoms with E-state index in [0.717, 1.165) is 27.1 Å². The van der Waals surface area contributed by atoms with Gasteiger partial charge >= 0.3 is 5.97 Å². The van der Waals surface area contributed by atoms with Gasteiger partial charge in [0.05, 0.1) is 38.0 Å². The molecule has 0 aliphatic rings. The number of hydrogen-bond acceptors (Lipinski definition) is 8. The van der Waals surface area contributed by atoms with Gasteiger partial charge < -0.3 is 24.6 Å². The second-order valence-corrected chi connectivity index (χ2v) is 7.72. The van der Waals surface area contributed by atoms with Crippen LogP contribution < -0.4 is 19.5 Å². The Bertz CT molecular complexity index is 1300. The predicted octanol–water partition coefficient (Wildman–Crippen LogP) is 5.13. The van der Waals surface area contributed by atoms with Crippen LogP contribution in [-0.2, 0) is 0 Å². The zero-order valence-electron chi connectivity index (χ0n) is 17.9. The molecule has 0 saturated carbocycles. The molecule has 8 nitrogen and oxygen atoms in total. The highest BCUT2D eigenvalue weighted by molar-refractivity contribution is 7.17. The van der Waals surface area contributed by atoms with Gasteiger partial charge in [0.15, 0.2) is 11.5 Å². The molecule has 0 aliphatic carbocycles. The van der Waals surface area contributed by atoms with Crippen LogP contribution in [0.1, 0.15) is 16.2 Å². The van der Waals surface area contributed by atoms with E-state index >= 15 is 0 Å². The van der Waals surface area contributed by atoms with E-state index in [0.29, 0.717) is 28.8 Å². The molecule has 0 unspecified atom stereocenters. The van der Waals surface area contributed by atoms with Crippen LogP contribution in [0.15, 0.2) is 41.8 Å². The largest absolute Gasteiger partial charge is 0.497 e. The maximum absolute atomic E-state index is 11.9. The smallest absolute Gasteiger partial charge is 0.337 e. The lowest BCUT2D eigenvalue weighted by molar-refractivity contribution is 0.0697. The van der Waals surface area contributed by atoms with Gasteiger partial charge in [-0.3, -0.25) is 0 Å². The van der Waals surface area contributed by atoms with Crippen LogP contribution in [0.4, 0.5) is 11.5 Å². The van der Waals surface area contributed by atoms with Crippen LogP contribution in [0.2, 0.25) is 0 Å². The Morgan fingerprint density at radius 2 is 1.69 bits per heavy atom. The van der Waals surface area contributed by atoms with E-state index in [1.54, 1.807) is 20.1 Å². The van der Waals surface area contributed by atoms with Gasteiger partial charge in [-0.1, -0.05) is 12.1 Å². The molecule has 0 bridgehead atoms. The molecule has 4 aromatic rings. The number of carbonyl (C=O) groups is 1. The van der Waals surface area contributed by atoms with Crippen LogP contribution in [0.25, 0.3) is 21.3 Å². The van der Waals surface area contributed by atoms with Crippen molar-refractivity contribution in [1.82, 2.24) is 9.97 Å². The molecule has 2 heterocycles. The summed E-state index contributed by atoms with van der Waals surface area (Å²) < 4.78 is 15.9. The summed E-state index contributed by atoms with van der Waals surface area (Å²) >= 11 is 1.50. The molecule has 2 aromatic carbocycles. The second-order valence-electron chi connectivity index (χ2n) is 6.86. The second kappa shape index (κ2) is 8.72. The van der Waals surface area contributed by atoms with Gasteiger partial charge in [-0.15, -0.1) is 11.3 Å². The minimum absolute atomic E-state index is 0.0355. The molecule has 2 aromatic heterocycles. The summed E-state index contributed by atoms with van der Waals surface area (Å²) in [5.41, 5.74) is 2.28. The number of anilines is 2. The summed E-state index contributed by atoms with van der Waals surface area (Å²) in [6, 6.07) is 10.7. The Labute approximate surface area is 188 Å². The van der Waals surface area contributed by atoms with Crippen LogP contribution >= 0.6 is 11.3 Å². The van der Waals surface area contributed by atoms with Crippen LogP contribution in [-0.4, -0.2) is 42.4 Å². The molecule has 0 saturated heterocycles. The first-order chi connectivity index (χ1) is 15.4. The van der Waals surface area contributed by atoms with Crippen molar-refractivity contribution >= 4 is 39.0 Å². The number of benzene rings is 2. The molecule has 2 N–H and O–H groups in total. The van der Waals surface area contributed by atoms with Gasteiger partial charge in [0.25, 0.3) is 0 Å². The molecule has 32 heavy (non-hydrogen) atoms. The van der Waals surface area contributed by atoms with E-state index in [2.05, 4.69) is 15.3 Å². The van der Waals surface area contributed by atoms with Crippen molar-refractivity contribution in [2.45, 2.75) is 6.92 Å². The molecule has 0 atom stereocenters. The highest BCUT2D eigenvalue weighted by Gasteiger charge is 2.20. The van der Waals surface area contributed by atoms with Crippen molar-refractivity contribution in [1.29, 1.82) is 0 Å². The summed E-state index contributed by atoms with van der Waals surface area (Å²) in [4.78, 5) is 21.9. The average molecular weight is 452 g/mol. The Morgan fingerprint density at radius 3 is 2.31 bits per heavy atom. The number of ether oxygens (including phenoxy) is 3. The summed E-state index contributed by atoms with van der Waals surface area (Å²) in [5, 5.41) is 15.8. The lowest BCUT2D eigenvalue weighted by Gasteiger charge is -2.15. The topological polar surface area (TPSA) is 103 Å². The fraction of sp³-hybridized carbons (Fsp3) is 0.174. The molecule has 0 fully saturated rings. The van der Waals surface area contributed by atoms with E-state index in [1.807, 2.05) is 29.6 Å². The highest BCUT2D eigenvalue weighted by Crippen LogP contribution is 2.40. The van der Waals surface area contributed by atoms with Crippen molar-refractivity contribution in [2.24, 2.45) is 0 Å². The number of carboxylic acid groups (broad SMARTS) is 1. The zero-order chi connectivity index (χ0) is 22.8. The molecule has 164 valence electrons. The lowest BCUT2D eigenvalue weighted by Crippen LogP contribution is -2.06. The van der Waals surface area contributed by atoms with E-state index in [9.17, 15) is 9.90 Å². The number of carboxylic acids is 1. The maximum Gasteiger partial charge on any atom is 0.337 e. The molecule has 0 aliphatic heterocycles. The van der Waals surface area contributed by atoms with Gasteiger partial charge in [-0.05, 0) is 24.6 Å². The van der Waals surface area contributed by atoms with Crippen LogP contribution in [0.5, 0.6) is 17.2 Å². The minimum Gasteiger partial charge on any atom is -0.497 e. The highest BCUT2D eigenvalue weighted by atomic mass is 32.1. The number of aromatic nitrogens is 2. The van der Waals surface area contributed by atoms with Gasteiger partial charge in [-0.25, -0.2) is 14.8 Å². The van der Waals surface area contributed by atoms with Crippen LogP contribution in [0.3, 0.4) is 0 Å². The number of hydrogen-bond donors (Lipinski definition) is 2. The van der Waals surface area contributed by atoms with E-state index < -0.39 is 5.97 Å². The third-order valence-corrected chi connectivity index (χ3v) is 5.83. The van der Waals surface area contributed by atoms with Crippen LogP contribution in [0, 0.1) is 6.92 Å². The standard InChI is InChI=1S/C23H21N3O5S/c1-12-24-21(26-17-10-19(31-4)18(30-3)9-15(17)23(27)28)20-16(11-32-22(20)25-12)13-5-7-14(29-2)8-6-13/h5-11H,1-4H3,(H,27,28)(H,24,25,26). The molecular weight excluding hydrogens is 430 g/mol. The lowest BCUT2D eigenvalue weighted by atomic mass is 10.1. The summed E-state index contributed by atoms with van der Waals surface area (Å²) in [6.07, 6.45) is 0. The number of methoxy groups -OCH3 is 3. The Kier molecular flexibility index (Phi) is 5.83. The minimum atomic E-state index is -1.10. The van der Waals surface area contributed by atoms with Crippen molar-refractivity contribution in [3.05, 3.63) is 53.2 Å². The number of aromatic carboxylic acids is 1. The Hall–Kier alpha value is -3.85. The summed E-state index contributed by atoms with van der Waals surface area (Å²) in [5.74, 6) is 1.47. The van der Waals surface area contributed by atoms with E-state index in [1.165, 1.54) is 31.6 Å². The average Bonchev–Trinajstić information content (AvgIpc) is 3.22. The number of nitrogens with one attached hydrogen (secondary N) is 1. The Morgan fingerprint density at radius 1 is 1.00 bits per heavy atom. The first-order valence-electron chi connectivity index (χ1n) is 9.61. The number of fused-ring (bicyclic) bond motifs is 1. The van der Waals surface area contributed by atoms with Crippen molar-refractivity contribution in [3.63, 3.8) is 0 Å². The normalized spacial score (nSPS) is 10.8. The van der Waals surface area contributed by atoms with Crippen molar-refractivity contribution in [2.75, 3.05) is 26.6 Å². The molecule has 4 rings (SSSR count). The third-order valence-electron chi connectivity index (χ3n) is 4.95. The third kappa shape index (κ3) is 3.90. The maximum atomic E-state index is 11.9. The van der Waals surface area contributed by atoms with Crippen molar-refractivity contribution < 1.29 is 24.1 Å². The first kappa shape index (κ1) is 21.4. The molecule has 0 radical (unpaired) electrons. The fourth-order valence-electron chi connectivity index (χ4n) is 3.41. The van der Waals surface area contributed by atoms with Gasteiger partial charge in [0.2, 0.25) is 0 Å². The van der Waals surface area contributed by atoms with E-state index in [4.69, 9.17) is 14.2 Å². The molecule has 0 spiro atoms. The molecule has 0 amide bonds. The zero-order valence-corrected chi connectivity index (χ0v) is 18.7. The molecular formula is C23H21N3O5S. The monoisotopic (exact) mass is 451 g/mol. The van der Waals surface area contributed by atoms with Gasteiger partial charge in [-0.2, -0.15) is 0 Å². The fourth-order valence-corrected chi connectivity index (χ4v) is 4.40. The number of aryl methyl sites for hydroxylation is 1. The SMILES string of the molecule is COc1ccc(-c2csc3nc(C)nc(Nc4cc(OC)c(OC)cc4C(=O)O)c23)cc1. The van der Waals surface area contributed by atoms with E-state index in [-0.39, 0.29) is 5.56 Å². The predicted molar refractivity (Wildman–Crippen MR) is 124 cm³/mol. The number of rotatable bonds is 7. The van der Waals surface area contributed by atoms with Gasteiger partial charge in [0.1, 0.15) is 22.2 Å². The summed E-state index contributed by atoms with van der Waals surface area (Å²) in [7, 11) is 4.58. The molecule has 9 heteroatoms. The Balaban J connectivity index is 1.88. The first-order valence-corrected chi connectivity index (χ1v) is 10.5. The summed E-state index contributed by atoms with van der Waals surface area (Å²) in [6.45, 7) is 1.80. The van der Waals surface area contributed by atoms with Crippen molar-refractivity contribution in [3.8, 4) is 28.4 Å². The number of nitrogens with zero attached hydrogens (tertiary/aromatic N) is 2.